The van der Waals surface area contributed by atoms with E-state index in [2.05, 4.69) is 66.3 Å². The number of nitrogens with zero attached hydrogens (tertiary/aromatic N) is 1. The van der Waals surface area contributed by atoms with E-state index in [4.69, 9.17) is 9.72 Å². The van der Waals surface area contributed by atoms with Crippen LogP contribution >= 0.6 is 15.9 Å². The third-order valence-electron chi connectivity index (χ3n) is 6.12. The van der Waals surface area contributed by atoms with Crippen LogP contribution in [0.2, 0.25) is 0 Å². The van der Waals surface area contributed by atoms with Gasteiger partial charge in [0.15, 0.2) is 0 Å². The van der Waals surface area contributed by atoms with E-state index < -0.39 is 0 Å². The summed E-state index contributed by atoms with van der Waals surface area (Å²) in [6, 6.07) is 23.9. The Morgan fingerprint density at radius 2 is 1.65 bits per heavy atom. The second-order valence-electron chi connectivity index (χ2n) is 8.70. The van der Waals surface area contributed by atoms with Gasteiger partial charge in [-0.1, -0.05) is 61.0 Å². The Morgan fingerprint density at radius 1 is 0.971 bits per heavy atom. The molecular formula is C29H29BrN2O2. The number of ether oxygens (including phenoxy) is 1. The Kier molecular flexibility index (Phi) is 7.32. The minimum absolute atomic E-state index is 0.0754. The molecule has 174 valence electrons. The molecule has 0 aliphatic carbocycles. The number of methoxy groups -OCH3 is 1. The number of halogens is 1. The molecule has 1 heterocycles. The molecule has 5 heteroatoms. The van der Waals surface area contributed by atoms with Gasteiger partial charge in [-0.2, -0.15) is 0 Å². The smallest absolute Gasteiger partial charge is 0.252 e. The molecule has 3 aromatic carbocycles. The number of pyridine rings is 1. The zero-order chi connectivity index (χ0) is 24.2. The van der Waals surface area contributed by atoms with E-state index in [1.54, 1.807) is 7.11 Å². The fraction of sp³-hybridized carbons (Fsp3) is 0.241. The molecule has 1 atom stereocenters. The first-order valence-electron chi connectivity index (χ1n) is 11.5. The molecule has 1 amide bonds. The highest BCUT2D eigenvalue weighted by molar-refractivity contribution is 9.10. The zero-order valence-electron chi connectivity index (χ0n) is 19.9. The number of rotatable bonds is 7. The fourth-order valence-electron chi connectivity index (χ4n) is 4.07. The number of carbonyl (C=O) groups is 1. The fourth-order valence-corrected chi connectivity index (χ4v) is 4.43. The van der Waals surface area contributed by atoms with Crippen LogP contribution in [-0.2, 0) is 0 Å². The summed E-state index contributed by atoms with van der Waals surface area (Å²) in [6.07, 6.45) is 0.796. The lowest BCUT2D eigenvalue weighted by molar-refractivity contribution is 0.0937. The Labute approximate surface area is 209 Å². The van der Waals surface area contributed by atoms with Crippen LogP contribution in [0, 0.1) is 0 Å². The standard InChI is InChI=1S/C29H29BrN2O2/c1-5-26(20-8-6-19(7-9-20)18(2)3)32-29(33)25-17-28(21-10-13-23(34-4)14-11-21)31-27-15-12-22(30)16-24(25)27/h6-18,26H,5H2,1-4H3,(H,32,33). The number of aromatic nitrogens is 1. The van der Waals surface area contributed by atoms with Gasteiger partial charge in [-0.15, -0.1) is 0 Å². The second kappa shape index (κ2) is 10.4. The van der Waals surface area contributed by atoms with Gasteiger partial charge in [0.05, 0.1) is 29.9 Å². The number of hydrogen-bond donors (Lipinski definition) is 1. The first-order chi connectivity index (χ1) is 16.4. The van der Waals surface area contributed by atoms with E-state index >= 15 is 0 Å². The molecule has 1 unspecified atom stereocenters. The van der Waals surface area contributed by atoms with E-state index in [1.807, 2.05) is 48.5 Å². The molecule has 0 spiro atoms. The van der Waals surface area contributed by atoms with Crippen molar-refractivity contribution in [1.29, 1.82) is 0 Å². The Balaban J connectivity index is 1.72. The van der Waals surface area contributed by atoms with E-state index in [0.29, 0.717) is 11.5 Å². The van der Waals surface area contributed by atoms with Crippen molar-refractivity contribution in [2.24, 2.45) is 0 Å². The molecule has 1 aromatic heterocycles. The van der Waals surface area contributed by atoms with E-state index in [9.17, 15) is 4.79 Å². The van der Waals surface area contributed by atoms with Crippen molar-refractivity contribution in [1.82, 2.24) is 10.3 Å². The van der Waals surface area contributed by atoms with Crippen molar-refractivity contribution in [2.45, 2.75) is 39.2 Å². The lowest BCUT2D eigenvalue weighted by Gasteiger charge is -2.19. The molecule has 0 fully saturated rings. The molecule has 0 bridgehead atoms. The molecule has 1 N–H and O–H groups in total. The van der Waals surface area contributed by atoms with Crippen LogP contribution in [0.25, 0.3) is 22.2 Å². The predicted molar refractivity (Wildman–Crippen MR) is 142 cm³/mol. The average Bonchev–Trinajstić information content (AvgIpc) is 2.86. The second-order valence-corrected chi connectivity index (χ2v) is 9.62. The number of benzene rings is 3. The summed E-state index contributed by atoms with van der Waals surface area (Å²) in [5, 5.41) is 4.07. The number of hydrogen-bond acceptors (Lipinski definition) is 3. The summed E-state index contributed by atoms with van der Waals surface area (Å²) in [4.78, 5) is 18.4. The van der Waals surface area contributed by atoms with Crippen molar-refractivity contribution < 1.29 is 9.53 Å². The van der Waals surface area contributed by atoms with Crippen LogP contribution in [0.3, 0.4) is 0 Å². The Bertz CT molecular complexity index is 1300. The van der Waals surface area contributed by atoms with Crippen molar-refractivity contribution >= 4 is 32.7 Å². The van der Waals surface area contributed by atoms with Crippen molar-refractivity contribution in [3.63, 3.8) is 0 Å². The van der Waals surface area contributed by atoms with Gasteiger partial charge in [0.25, 0.3) is 5.91 Å². The number of nitrogens with one attached hydrogen (secondary N) is 1. The maximum atomic E-state index is 13.6. The molecule has 0 saturated carbocycles. The van der Waals surface area contributed by atoms with Crippen LogP contribution in [-0.4, -0.2) is 18.0 Å². The topological polar surface area (TPSA) is 51.2 Å². The third-order valence-corrected chi connectivity index (χ3v) is 6.61. The minimum Gasteiger partial charge on any atom is -0.497 e. The van der Waals surface area contributed by atoms with Crippen molar-refractivity contribution in [2.75, 3.05) is 7.11 Å². The molecule has 0 aliphatic rings. The van der Waals surface area contributed by atoms with Gasteiger partial charge < -0.3 is 10.1 Å². The average molecular weight is 517 g/mol. The highest BCUT2D eigenvalue weighted by atomic mass is 79.9. The van der Waals surface area contributed by atoms with Gasteiger partial charge >= 0.3 is 0 Å². The molecule has 0 radical (unpaired) electrons. The van der Waals surface area contributed by atoms with Crippen LogP contribution < -0.4 is 10.1 Å². The summed E-state index contributed by atoms with van der Waals surface area (Å²) < 4.78 is 6.19. The molecule has 0 aliphatic heterocycles. The van der Waals surface area contributed by atoms with E-state index in [0.717, 1.165) is 44.4 Å². The third kappa shape index (κ3) is 5.15. The predicted octanol–water partition coefficient (Wildman–Crippen LogP) is 7.68. The van der Waals surface area contributed by atoms with Gasteiger partial charge in [-0.3, -0.25) is 4.79 Å². The molecule has 4 nitrogen and oxygen atoms in total. The quantitative estimate of drug-likeness (QED) is 0.274. The summed E-state index contributed by atoms with van der Waals surface area (Å²) in [7, 11) is 1.64. The molecule has 34 heavy (non-hydrogen) atoms. The molecule has 4 aromatic rings. The van der Waals surface area contributed by atoms with Crippen LogP contribution in [0.15, 0.2) is 77.3 Å². The van der Waals surface area contributed by atoms with Gasteiger partial charge in [0, 0.05) is 15.4 Å². The van der Waals surface area contributed by atoms with Gasteiger partial charge in [0.1, 0.15) is 5.75 Å². The lowest BCUT2D eigenvalue weighted by atomic mass is 9.97. The first kappa shape index (κ1) is 24.0. The zero-order valence-corrected chi connectivity index (χ0v) is 21.5. The van der Waals surface area contributed by atoms with Crippen LogP contribution in [0.4, 0.5) is 0 Å². The maximum absolute atomic E-state index is 13.6. The highest BCUT2D eigenvalue weighted by Crippen LogP contribution is 2.29. The number of amides is 1. The van der Waals surface area contributed by atoms with Crippen molar-refractivity contribution in [3.8, 4) is 17.0 Å². The molecular weight excluding hydrogens is 488 g/mol. The largest absolute Gasteiger partial charge is 0.497 e. The van der Waals surface area contributed by atoms with Crippen LogP contribution in [0.1, 0.15) is 60.6 Å². The molecule has 0 saturated heterocycles. The summed E-state index contributed by atoms with van der Waals surface area (Å²) in [5.41, 5.74) is 5.45. The normalized spacial score (nSPS) is 12.1. The lowest BCUT2D eigenvalue weighted by Crippen LogP contribution is -2.28. The van der Waals surface area contributed by atoms with Gasteiger partial charge in [-0.25, -0.2) is 4.98 Å². The highest BCUT2D eigenvalue weighted by Gasteiger charge is 2.19. The number of fused-ring (bicyclic) bond motifs is 1. The van der Waals surface area contributed by atoms with Crippen LogP contribution in [0.5, 0.6) is 5.75 Å². The summed E-state index contributed by atoms with van der Waals surface area (Å²) >= 11 is 3.54. The Hall–Kier alpha value is -3.18. The van der Waals surface area contributed by atoms with E-state index in [1.165, 1.54) is 5.56 Å². The molecule has 4 rings (SSSR count). The SMILES string of the molecule is CCC(NC(=O)c1cc(-c2ccc(OC)cc2)nc2ccc(Br)cc12)c1ccc(C(C)C)cc1. The monoisotopic (exact) mass is 516 g/mol. The number of carbonyl (C=O) groups excluding carboxylic acids is 1. The van der Waals surface area contributed by atoms with E-state index in [-0.39, 0.29) is 11.9 Å². The first-order valence-corrected chi connectivity index (χ1v) is 12.3. The minimum atomic E-state index is -0.111. The van der Waals surface area contributed by atoms with Gasteiger partial charge in [-0.05, 0) is 72.0 Å². The maximum Gasteiger partial charge on any atom is 0.252 e. The van der Waals surface area contributed by atoms with Crippen molar-refractivity contribution in [3.05, 3.63) is 94.0 Å². The summed E-state index contributed by atoms with van der Waals surface area (Å²) in [6.45, 7) is 6.45. The summed E-state index contributed by atoms with van der Waals surface area (Å²) in [5.74, 6) is 1.14. The Morgan fingerprint density at radius 3 is 2.26 bits per heavy atom. The van der Waals surface area contributed by atoms with Gasteiger partial charge in [0.2, 0.25) is 0 Å².